The lowest BCUT2D eigenvalue weighted by atomic mass is 9.87. The van der Waals surface area contributed by atoms with Crippen LogP contribution < -0.4 is 11.1 Å². The van der Waals surface area contributed by atoms with Gasteiger partial charge in [-0.05, 0) is 54.3 Å². The number of carbonyl (C=O) groups excluding carboxylic acids is 1. The lowest BCUT2D eigenvalue weighted by Gasteiger charge is -2.24. The molecule has 1 heterocycles. The lowest BCUT2D eigenvalue weighted by molar-refractivity contribution is 0.0665. The number of ether oxygens (including phenoxy) is 1. The second-order valence-corrected chi connectivity index (χ2v) is 7.41. The zero-order chi connectivity index (χ0) is 20.4. The molecule has 0 bridgehead atoms. The first-order valence-electron chi connectivity index (χ1n) is 9.66. The van der Waals surface area contributed by atoms with Crippen molar-refractivity contribution in [3.8, 4) is 0 Å². The lowest BCUT2D eigenvalue weighted by Crippen LogP contribution is -2.21. The molecule has 1 saturated heterocycles. The van der Waals surface area contributed by atoms with E-state index in [9.17, 15) is 13.6 Å². The van der Waals surface area contributed by atoms with Crippen LogP contribution in [-0.4, -0.2) is 19.1 Å². The monoisotopic (exact) mass is 396 g/mol. The number of nitrogens with one attached hydrogen (secondary N) is 1. The van der Waals surface area contributed by atoms with Gasteiger partial charge in [0.1, 0.15) is 11.6 Å². The topological polar surface area (TPSA) is 64.4 Å². The molecular formula is C23H22F2N2O2. The van der Waals surface area contributed by atoms with E-state index in [1.807, 2.05) is 30.3 Å². The summed E-state index contributed by atoms with van der Waals surface area (Å²) in [5.74, 6) is -1.41. The highest BCUT2D eigenvalue weighted by atomic mass is 19.1. The summed E-state index contributed by atoms with van der Waals surface area (Å²) in [5.41, 5.74) is 8.06. The number of halogens is 2. The van der Waals surface area contributed by atoms with E-state index in [2.05, 4.69) is 5.32 Å². The molecule has 3 aromatic rings. The highest BCUT2D eigenvalue weighted by Crippen LogP contribution is 2.34. The van der Waals surface area contributed by atoms with Crippen LogP contribution >= 0.6 is 0 Å². The van der Waals surface area contributed by atoms with Crippen LogP contribution in [0.3, 0.4) is 0 Å². The Morgan fingerprint density at radius 1 is 1.03 bits per heavy atom. The Balaban J connectivity index is 1.82. The Hall–Kier alpha value is -2.99. The minimum Gasteiger partial charge on any atom is -0.381 e. The zero-order valence-corrected chi connectivity index (χ0v) is 15.9. The maximum atomic E-state index is 13.6. The van der Waals surface area contributed by atoms with E-state index in [0.717, 1.165) is 35.2 Å². The van der Waals surface area contributed by atoms with Crippen LogP contribution in [0.25, 0.3) is 10.8 Å². The molecule has 3 N–H and O–H groups in total. The highest BCUT2D eigenvalue weighted by Gasteiger charge is 2.21. The molecule has 1 aliphatic heterocycles. The van der Waals surface area contributed by atoms with E-state index in [0.29, 0.717) is 42.5 Å². The van der Waals surface area contributed by atoms with Crippen LogP contribution in [-0.2, 0) is 11.2 Å². The third-order valence-electron chi connectivity index (χ3n) is 5.36. The number of hydrogen-bond acceptors (Lipinski definition) is 3. The van der Waals surface area contributed by atoms with Crippen LogP contribution in [0, 0.1) is 17.6 Å². The van der Waals surface area contributed by atoms with Crippen molar-refractivity contribution in [3.05, 3.63) is 71.3 Å². The first-order chi connectivity index (χ1) is 14.0. The van der Waals surface area contributed by atoms with Gasteiger partial charge in [-0.15, -0.1) is 0 Å². The summed E-state index contributed by atoms with van der Waals surface area (Å²) < 4.78 is 32.7. The van der Waals surface area contributed by atoms with Gasteiger partial charge in [0.05, 0.1) is 5.56 Å². The van der Waals surface area contributed by atoms with Gasteiger partial charge >= 0.3 is 0 Å². The van der Waals surface area contributed by atoms with Crippen molar-refractivity contribution >= 4 is 28.1 Å². The van der Waals surface area contributed by atoms with Crippen LogP contribution in [0.2, 0.25) is 0 Å². The molecule has 0 aliphatic carbocycles. The van der Waals surface area contributed by atoms with Gasteiger partial charge in [-0.2, -0.15) is 0 Å². The summed E-state index contributed by atoms with van der Waals surface area (Å²) >= 11 is 0. The summed E-state index contributed by atoms with van der Waals surface area (Å²) in [6.07, 6.45) is 2.53. The summed E-state index contributed by atoms with van der Waals surface area (Å²) in [4.78, 5) is 12.3. The molecule has 0 unspecified atom stereocenters. The van der Waals surface area contributed by atoms with E-state index < -0.39 is 17.5 Å². The third-order valence-corrected chi connectivity index (χ3v) is 5.36. The smallest absolute Gasteiger partial charge is 0.249 e. The molecule has 0 saturated carbocycles. The maximum Gasteiger partial charge on any atom is 0.249 e. The van der Waals surface area contributed by atoms with E-state index in [4.69, 9.17) is 10.5 Å². The molecule has 0 radical (unpaired) electrons. The zero-order valence-electron chi connectivity index (χ0n) is 15.9. The largest absolute Gasteiger partial charge is 0.381 e. The third kappa shape index (κ3) is 4.22. The molecule has 0 aromatic heterocycles. The molecule has 150 valence electrons. The van der Waals surface area contributed by atoms with Crippen LogP contribution in [0.4, 0.5) is 20.2 Å². The summed E-state index contributed by atoms with van der Waals surface area (Å²) in [7, 11) is 0. The minimum absolute atomic E-state index is 0.302. The Morgan fingerprint density at radius 3 is 2.34 bits per heavy atom. The number of primary amides is 1. The number of benzene rings is 3. The molecule has 29 heavy (non-hydrogen) atoms. The van der Waals surface area contributed by atoms with Gasteiger partial charge in [-0.3, -0.25) is 4.79 Å². The average molecular weight is 396 g/mol. The van der Waals surface area contributed by atoms with Crippen molar-refractivity contribution in [2.24, 2.45) is 11.7 Å². The standard InChI is InChI=1S/C23H22F2N2O2/c24-16-11-17(25)13-18(12-16)27-21-10-15(9-14-5-7-29-8-6-14)22(23(26)28)20-4-2-1-3-19(20)21/h1-4,10-14,27H,5-9H2,(H2,26,28). The average Bonchev–Trinajstić information content (AvgIpc) is 2.68. The Labute approximate surface area is 167 Å². The Morgan fingerprint density at radius 2 is 1.69 bits per heavy atom. The predicted molar refractivity (Wildman–Crippen MR) is 109 cm³/mol. The first kappa shape index (κ1) is 19.3. The Kier molecular flexibility index (Phi) is 5.45. The molecule has 3 aromatic carbocycles. The molecule has 1 aliphatic rings. The van der Waals surface area contributed by atoms with Gasteiger partial charge in [0.15, 0.2) is 0 Å². The van der Waals surface area contributed by atoms with Gasteiger partial charge in [0.25, 0.3) is 0 Å². The number of carbonyl (C=O) groups is 1. The molecular weight excluding hydrogens is 374 g/mol. The maximum absolute atomic E-state index is 13.6. The van der Waals surface area contributed by atoms with Gasteiger partial charge in [-0.1, -0.05) is 24.3 Å². The minimum atomic E-state index is -0.659. The Bertz CT molecular complexity index is 1040. The summed E-state index contributed by atoms with van der Waals surface area (Å²) in [6, 6.07) is 12.6. The fraction of sp³-hybridized carbons (Fsp3) is 0.261. The fourth-order valence-corrected chi connectivity index (χ4v) is 4.03. The first-order valence-corrected chi connectivity index (χ1v) is 9.66. The molecule has 0 atom stereocenters. The number of anilines is 2. The van der Waals surface area contributed by atoms with Crippen molar-refractivity contribution in [2.45, 2.75) is 19.3 Å². The number of nitrogens with two attached hydrogens (primary N) is 1. The second kappa shape index (κ2) is 8.17. The van der Waals surface area contributed by atoms with E-state index in [1.54, 1.807) is 0 Å². The van der Waals surface area contributed by atoms with Crippen molar-refractivity contribution < 1.29 is 18.3 Å². The van der Waals surface area contributed by atoms with Crippen molar-refractivity contribution in [1.82, 2.24) is 0 Å². The molecule has 1 fully saturated rings. The normalized spacial score (nSPS) is 14.8. The van der Waals surface area contributed by atoms with Crippen LogP contribution in [0.15, 0.2) is 48.5 Å². The quantitative estimate of drug-likeness (QED) is 0.643. The van der Waals surface area contributed by atoms with Crippen LogP contribution in [0.1, 0.15) is 28.8 Å². The van der Waals surface area contributed by atoms with Crippen molar-refractivity contribution in [3.63, 3.8) is 0 Å². The van der Waals surface area contributed by atoms with Crippen molar-refractivity contribution in [2.75, 3.05) is 18.5 Å². The number of hydrogen-bond donors (Lipinski definition) is 2. The second-order valence-electron chi connectivity index (χ2n) is 7.41. The van der Waals surface area contributed by atoms with Gasteiger partial charge < -0.3 is 15.8 Å². The van der Waals surface area contributed by atoms with E-state index >= 15 is 0 Å². The highest BCUT2D eigenvalue weighted by molar-refractivity contribution is 6.11. The summed E-state index contributed by atoms with van der Waals surface area (Å²) in [6.45, 7) is 1.41. The molecule has 0 spiro atoms. The van der Waals surface area contributed by atoms with Gasteiger partial charge in [-0.25, -0.2) is 8.78 Å². The predicted octanol–water partition coefficient (Wildman–Crippen LogP) is 4.93. The molecule has 1 amide bonds. The fourth-order valence-electron chi connectivity index (χ4n) is 4.03. The van der Waals surface area contributed by atoms with E-state index in [1.165, 1.54) is 12.1 Å². The molecule has 4 nitrogen and oxygen atoms in total. The van der Waals surface area contributed by atoms with Crippen molar-refractivity contribution in [1.29, 1.82) is 0 Å². The number of fused-ring (bicyclic) bond motifs is 1. The molecule has 4 rings (SSSR count). The summed E-state index contributed by atoms with van der Waals surface area (Å²) in [5, 5.41) is 4.61. The molecule has 6 heteroatoms. The number of rotatable bonds is 5. The SMILES string of the molecule is NC(=O)c1c(CC2CCOCC2)cc(Nc2cc(F)cc(F)c2)c2ccccc12. The number of amides is 1. The van der Waals surface area contributed by atoms with E-state index in [-0.39, 0.29) is 0 Å². The van der Waals surface area contributed by atoms with Gasteiger partial charge in [0, 0.05) is 36.0 Å². The van der Waals surface area contributed by atoms with Gasteiger partial charge in [0.2, 0.25) is 5.91 Å². The van der Waals surface area contributed by atoms with Crippen LogP contribution in [0.5, 0.6) is 0 Å².